The largest absolute Gasteiger partial charge is 0.507 e. The first-order chi connectivity index (χ1) is 12.6. The Kier molecular flexibility index (Phi) is 5.08. The van der Waals surface area contributed by atoms with Crippen LogP contribution in [0, 0.1) is 0 Å². The zero-order chi connectivity index (χ0) is 22.7. The number of phenolic OH excluding ortho intramolecular Hbond substituents is 2. The van der Waals surface area contributed by atoms with Crippen LogP contribution < -0.4 is 0 Å². The molecule has 0 heterocycles. The molecule has 2 rings (SSSR count). The summed E-state index contributed by atoms with van der Waals surface area (Å²) in [6, 6.07) is 2.26. The van der Waals surface area contributed by atoms with Crippen LogP contribution in [0.5, 0.6) is 11.5 Å². The predicted octanol–water partition coefficient (Wildman–Crippen LogP) is 4.90. The Morgan fingerprint density at radius 2 is 1.48 bits per heavy atom. The topological polar surface area (TPSA) is 109 Å². The van der Waals surface area contributed by atoms with Crippen molar-refractivity contribution in [1.29, 1.82) is 0 Å². The van der Waals surface area contributed by atoms with Gasteiger partial charge in [0, 0.05) is 16.3 Å². The number of benzene rings is 2. The fraction of sp³-hybridized carbons (Fsp3) is 0.143. The summed E-state index contributed by atoms with van der Waals surface area (Å²) in [4.78, 5) is -4.94. The number of aromatic hydroxyl groups is 2. The summed E-state index contributed by atoms with van der Waals surface area (Å²) < 4.78 is 115. The lowest BCUT2D eigenvalue weighted by molar-refractivity contribution is 0.362. The summed E-state index contributed by atoms with van der Waals surface area (Å²) in [5, 5.41) is 19.8. The van der Waals surface area contributed by atoms with Crippen molar-refractivity contribution in [2.75, 3.05) is 6.26 Å². The SMILES string of the molecule is CS(=O)(=O)c1cc(S(F)(F)(F)(F)F)cc(CS(=O)(=O)c2ccc(Br)cc2O)c1O. The zero-order valence-corrected chi connectivity index (χ0v) is 18.1. The minimum atomic E-state index is -10.4. The Morgan fingerprint density at radius 1 is 0.931 bits per heavy atom. The van der Waals surface area contributed by atoms with Gasteiger partial charge in [0.2, 0.25) is 0 Å². The number of phenols is 2. The normalized spacial score (nSPS) is 15.6. The van der Waals surface area contributed by atoms with E-state index in [1.807, 2.05) is 0 Å². The molecule has 0 aliphatic rings. The molecule has 0 saturated carbocycles. The number of hydrogen-bond acceptors (Lipinski definition) is 6. The molecule has 0 aliphatic carbocycles. The monoisotopic (exact) mass is 546 g/mol. The molecule has 0 unspecified atom stereocenters. The third-order valence-corrected chi connectivity index (χ3v) is 8.01. The Balaban J connectivity index is 2.79. The van der Waals surface area contributed by atoms with Gasteiger partial charge in [-0.15, -0.1) is 0 Å². The zero-order valence-electron chi connectivity index (χ0n) is 14.1. The van der Waals surface area contributed by atoms with E-state index in [1.54, 1.807) is 0 Å². The van der Waals surface area contributed by atoms with Gasteiger partial charge in [0.1, 0.15) is 26.2 Å². The molecule has 0 aliphatic heterocycles. The van der Waals surface area contributed by atoms with E-state index in [-0.39, 0.29) is 10.5 Å². The standard InChI is InChI=1S/C14H12BrF5O6S3/c1-27(23,24)13-6-10(29(16,17,18,19)20)4-8(14(13)22)7-28(25,26)12-3-2-9(15)5-11(12)21/h2-6,21-22H,7H2,1H3. The van der Waals surface area contributed by atoms with Gasteiger partial charge < -0.3 is 10.2 Å². The molecule has 0 aromatic heterocycles. The van der Waals surface area contributed by atoms with Crippen molar-refractivity contribution < 1.29 is 46.5 Å². The first-order valence-corrected chi connectivity index (χ1v) is 13.4. The Labute approximate surface area is 170 Å². The smallest absolute Gasteiger partial charge is 0.310 e. The minimum absolute atomic E-state index is 0.263. The van der Waals surface area contributed by atoms with Crippen LogP contribution in [0.15, 0.2) is 49.5 Å². The average molecular weight is 547 g/mol. The second-order valence-electron chi connectivity index (χ2n) is 6.04. The highest BCUT2D eigenvalue weighted by Gasteiger charge is 2.66. The molecular formula is C14H12BrF5O6S3. The van der Waals surface area contributed by atoms with Gasteiger partial charge in [-0.25, -0.2) is 16.8 Å². The molecule has 0 saturated heterocycles. The second kappa shape index (κ2) is 6.21. The van der Waals surface area contributed by atoms with Crippen LogP contribution in [0.1, 0.15) is 5.56 Å². The Bertz CT molecular complexity index is 1230. The van der Waals surface area contributed by atoms with Crippen molar-refractivity contribution in [3.63, 3.8) is 0 Å². The van der Waals surface area contributed by atoms with Crippen LogP contribution in [-0.4, -0.2) is 33.3 Å². The van der Waals surface area contributed by atoms with Gasteiger partial charge in [0.15, 0.2) is 19.7 Å². The van der Waals surface area contributed by atoms with Gasteiger partial charge in [-0.2, -0.15) is 0 Å². The molecule has 164 valence electrons. The molecule has 0 fully saturated rings. The third kappa shape index (κ3) is 5.32. The fourth-order valence-electron chi connectivity index (χ4n) is 2.29. The summed E-state index contributed by atoms with van der Waals surface area (Å²) in [5.74, 6) is -3.71. The van der Waals surface area contributed by atoms with Crippen molar-refractivity contribution in [3.05, 3.63) is 40.4 Å². The summed E-state index contributed by atoms with van der Waals surface area (Å²) in [6.07, 6.45) is 0.357. The lowest BCUT2D eigenvalue weighted by atomic mass is 10.2. The van der Waals surface area contributed by atoms with Crippen molar-refractivity contribution in [2.24, 2.45) is 0 Å². The number of rotatable bonds is 5. The third-order valence-electron chi connectivity index (χ3n) is 3.57. The first kappa shape index (κ1) is 23.7. The van der Waals surface area contributed by atoms with Gasteiger partial charge in [0.25, 0.3) is 0 Å². The van der Waals surface area contributed by atoms with Gasteiger partial charge in [-0.1, -0.05) is 35.4 Å². The molecule has 0 spiro atoms. The molecule has 0 radical (unpaired) electrons. The molecule has 2 aromatic carbocycles. The van der Waals surface area contributed by atoms with Crippen molar-refractivity contribution in [2.45, 2.75) is 20.4 Å². The van der Waals surface area contributed by atoms with Crippen LogP contribution >= 0.6 is 26.2 Å². The highest BCUT2D eigenvalue weighted by Crippen LogP contribution is 3.02. The van der Waals surface area contributed by atoms with Crippen molar-refractivity contribution in [1.82, 2.24) is 0 Å². The van der Waals surface area contributed by atoms with E-state index < -0.39 is 73.5 Å². The Morgan fingerprint density at radius 3 is 1.93 bits per heavy atom. The van der Waals surface area contributed by atoms with E-state index in [0.29, 0.717) is 6.26 Å². The van der Waals surface area contributed by atoms with Crippen LogP contribution in [0.3, 0.4) is 0 Å². The van der Waals surface area contributed by atoms with Crippen molar-refractivity contribution >= 4 is 45.8 Å². The van der Waals surface area contributed by atoms with E-state index >= 15 is 0 Å². The van der Waals surface area contributed by atoms with Crippen LogP contribution in [0.2, 0.25) is 0 Å². The minimum Gasteiger partial charge on any atom is -0.507 e. The van der Waals surface area contributed by atoms with E-state index in [2.05, 4.69) is 15.9 Å². The lowest BCUT2D eigenvalue weighted by Gasteiger charge is -2.41. The van der Waals surface area contributed by atoms with E-state index in [1.165, 1.54) is 6.07 Å². The highest BCUT2D eigenvalue weighted by molar-refractivity contribution is 9.10. The highest BCUT2D eigenvalue weighted by atomic mass is 79.9. The van der Waals surface area contributed by atoms with E-state index in [9.17, 15) is 46.5 Å². The van der Waals surface area contributed by atoms with Crippen molar-refractivity contribution in [3.8, 4) is 11.5 Å². The van der Waals surface area contributed by atoms with Crippen LogP contribution in [0.25, 0.3) is 0 Å². The summed E-state index contributed by atoms with van der Waals surface area (Å²) in [5.41, 5.74) is -1.22. The molecule has 6 nitrogen and oxygen atoms in total. The molecule has 2 N–H and O–H groups in total. The summed E-state index contributed by atoms with van der Waals surface area (Å²) in [6.45, 7) is 0. The van der Waals surface area contributed by atoms with E-state index in [0.717, 1.165) is 12.1 Å². The summed E-state index contributed by atoms with van der Waals surface area (Å²) >= 11 is 2.95. The molecule has 29 heavy (non-hydrogen) atoms. The maximum Gasteiger partial charge on any atom is 0.310 e. The number of sulfone groups is 2. The molecule has 15 heteroatoms. The molecule has 0 bridgehead atoms. The lowest BCUT2D eigenvalue weighted by Crippen LogP contribution is -2.12. The molecular weight excluding hydrogens is 535 g/mol. The van der Waals surface area contributed by atoms with Gasteiger partial charge in [-0.05, 0) is 30.3 Å². The van der Waals surface area contributed by atoms with Gasteiger partial charge in [0.05, 0.1) is 5.75 Å². The fourth-order valence-corrected chi connectivity index (χ4v) is 5.68. The van der Waals surface area contributed by atoms with Gasteiger partial charge >= 0.3 is 10.2 Å². The van der Waals surface area contributed by atoms with Gasteiger partial charge in [-0.3, -0.25) is 0 Å². The molecule has 0 atom stereocenters. The maximum atomic E-state index is 13.2. The molecule has 0 amide bonds. The van der Waals surface area contributed by atoms with E-state index in [4.69, 9.17) is 0 Å². The van der Waals surface area contributed by atoms with Crippen LogP contribution in [-0.2, 0) is 25.4 Å². The molecule has 2 aromatic rings. The quantitative estimate of drug-likeness (QED) is 0.516. The van der Waals surface area contributed by atoms with Crippen LogP contribution in [0.4, 0.5) is 19.4 Å². The maximum absolute atomic E-state index is 13.2. The number of halogens is 6. The predicted molar refractivity (Wildman–Crippen MR) is 99.3 cm³/mol. The first-order valence-electron chi connectivity index (χ1n) is 7.13. The Hall–Kier alpha value is -1.58. The number of hydrogen-bond donors (Lipinski definition) is 2. The average Bonchev–Trinajstić information content (AvgIpc) is 2.44. The second-order valence-corrected chi connectivity index (χ2v) is 13.3. The summed E-state index contributed by atoms with van der Waals surface area (Å²) in [7, 11) is -19.7.